The maximum atomic E-state index is 14.4. The number of nitrogens with zero attached hydrogens (tertiary/aromatic N) is 1. The van der Waals surface area contributed by atoms with Crippen LogP contribution in [0.1, 0.15) is 19.4 Å². The van der Waals surface area contributed by atoms with E-state index in [-0.39, 0.29) is 0 Å². The molecule has 0 aliphatic heterocycles. The maximum absolute atomic E-state index is 14.4. The molecule has 0 saturated carbocycles. The van der Waals surface area contributed by atoms with Gasteiger partial charge in [-0.1, -0.05) is 42.5 Å². The van der Waals surface area contributed by atoms with Gasteiger partial charge in [0.25, 0.3) is 0 Å². The van der Waals surface area contributed by atoms with Gasteiger partial charge in [0.05, 0.1) is 11.6 Å². The third-order valence-electron chi connectivity index (χ3n) is 4.67. The molecular weight excluding hydrogens is 371 g/mol. The molecule has 3 nitrogen and oxygen atoms in total. The first-order valence-electron chi connectivity index (χ1n) is 8.65. The normalized spacial score (nSPS) is 14.3. The lowest BCUT2D eigenvalue weighted by atomic mass is 9.87. The molecule has 1 atom stereocenters. The SMILES string of the molecule is C/C=C(\C#N)[C@@](C)(NP(=O)(c1ccccc1)c1ccccc1)c1ccsc1. The summed E-state index contributed by atoms with van der Waals surface area (Å²) in [6, 6.07) is 23.1. The summed E-state index contributed by atoms with van der Waals surface area (Å²) in [6.45, 7) is 3.76. The molecule has 0 amide bonds. The molecule has 3 rings (SSSR count). The molecule has 2 aromatic carbocycles. The van der Waals surface area contributed by atoms with E-state index in [9.17, 15) is 9.83 Å². The molecule has 1 N–H and O–H groups in total. The topological polar surface area (TPSA) is 52.9 Å². The van der Waals surface area contributed by atoms with Crippen LogP contribution in [0.25, 0.3) is 0 Å². The number of benzene rings is 2. The first-order valence-corrected chi connectivity index (χ1v) is 11.3. The molecular formula is C22H21N2OPS. The highest BCUT2D eigenvalue weighted by Crippen LogP contribution is 2.46. The molecule has 0 aliphatic rings. The monoisotopic (exact) mass is 392 g/mol. The van der Waals surface area contributed by atoms with E-state index >= 15 is 0 Å². The largest absolute Gasteiger partial charge is 0.296 e. The Bertz CT molecular complexity index is 964. The van der Waals surface area contributed by atoms with Crippen molar-refractivity contribution in [3.05, 3.63) is 94.7 Å². The second-order valence-corrected chi connectivity index (χ2v) is 9.60. The van der Waals surface area contributed by atoms with Crippen molar-refractivity contribution in [2.45, 2.75) is 19.4 Å². The van der Waals surface area contributed by atoms with Crippen molar-refractivity contribution in [3.8, 4) is 6.07 Å². The molecule has 136 valence electrons. The lowest BCUT2D eigenvalue weighted by molar-refractivity contribution is 0.513. The van der Waals surface area contributed by atoms with Gasteiger partial charge in [0, 0.05) is 16.2 Å². The molecule has 5 heteroatoms. The maximum Gasteiger partial charge on any atom is 0.205 e. The van der Waals surface area contributed by atoms with Crippen molar-refractivity contribution < 1.29 is 4.57 Å². The van der Waals surface area contributed by atoms with Crippen LogP contribution in [-0.2, 0) is 10.1 Å². The summed E-state index contributed by atoms with van der Waals surface area (Å²) in [5.74, 6) is 0. The van der Waals surface area contributed by atoms with Crippen molar-refractivity contribution in [1.29, 1.82) is 5.26 Å². The van der Waals surface area contributed by atoms with Crippen LogP contribution in [0.4, 0.5) is 0 Å². The fourth-order valence-corrected chi connectivity index (χ4v) is 6.55. The highest BCUT2D eigenvalue weighted by molar-refractivity contribution is 7.77. The predicted octanol–water partition coefficient (Wildman–Crippen LogP) is 4.95. The van der Waals surface area contributed by atoms with Crippen LogP contribution in [0, 0.1) is 11.3 Å². The molecule has 0 fully saturated rings. The molecule has 1 heterocycles. The van der Waals surface area contributed by atoms with Crippen molar-refractivity contribution in [3.63, 3.8) is 0 Å². The van der Waals surface area contributed by atoms with E-state index in [0.717, 1.165) is 5.56 Å². The van der Waals surface area contributed by atoms with Crippen molar-refractivity contribution >= 4 is 29.2 Å². The summed E-state index contributed by atoms with van der Waals surface area (Å²) in [5, 5.41) is 18.6. The predicted molar refractivity (Wildman–Crippen MR) is 114 cm³/mol. The second-order valence-electron chi connectivity index (χ2n) is 6.34. The van der Waals surface area contributed by atoms with Gasteiger partial charge in [-0.2, -0.15) is 16.6 Å². The van der Waals surface area contributed by atoms with Crippen molar-refractivity contribution in [1.82, 2.24) is 5.09 Å². The van der Waals surface area contributed by atoms with Gasteiger partial charge in [0.2, 0.25) is 7.29 Å². The highest BCUT2D eigenvalue weighted by atomic mass is 32.1. The van der Waals surface area contributed by atoms with E-state index in [1.165, 1.54) is 0 Å². The van der Waals surface area contributed by atoms with Gasteiger partial charge in [-0.3, -0.25) is 4.57 Å². The summed E-state index contributed by atoms with van der Waals surface area (Å²) in [4.78, 5) is 0. The van der Waals surface area contributed by atoms with Gasteiger partial charge in [0.15, 0.2) is 0 Å². The van der Waals surface area contributed by atoms with Crippen molar-refractivity contribution in [2.75, 3.05) is 0 Å². The summed E-state index contributed by atoms with van der Waals surface area (Å²) in [6.07, 6.45) is 1.78. The minimum Gasteiger partial charge on any atom is -0.296 e. The van der Waals surface area contributed by atoms with E-state index in [2.05, 4.69) is 11.2 Å². The van der Waals surface area contributed by atoms with Crippen LogP contribution in [0.15, 0.2) is 89.1 Å². The fourth-order valence-electron chi connectivity index (χ4n) is 3.16. The number of nitriles is 1. The van der Waals surface area contributed by atoms with Crippen LogP contribution < -0.4 is 15.7 Å². The number of allylic oxidation sites excluding steroid dienone is 1. The van der Waals surface area contributed by atoms with Gasteiger partial charge in [0.1, 0.15) is 0 Å². The number of rotatable bonds is 6. The molecule has 0 saturated heterocycles. The van der Waals surface area contributed by atoms with E-state index in [4.69, 9.17) is 0 Å². The fraction of sp³-hybridized carbons (Fsp3) is 0.136. The first kappa shape index (κ1) is 19.3. The van der Waals surface area contributed by atoms with Gasteiger partial charge in [-0.25, -0.2) is 5.09 Å². The number of nitrogens with one attached hydrogen (secondary N) is 1. The zero-order valence-corrected chi connectivity index (χ0v) is 17.0. The summed E-state index contributed by atoms with van der Waals surface area (Å²) >= 11 is 1.56. The van der Waals surface area contributed by atoms with E-state index in [1.807, 2.05) is 91.3 Å². The molecule has 0 spiro atoms. The van der Waals surface area contributed by atoms with Crippen LogP contribution in [0.2, 0.25) is 0 Å². The number of hydrogen-bond donors (Lipinski definition) is 1. The molecule has 0 bridgehead atoms. The van der Waals surface area contributed by atoms with Crippen LogP contribution in [0.5, 0.6) is 0 Å². The van der Waals surface area contributed by atoms with Crippen molar-refractivity contribution in [2.24, 2.45) is 0 Å². The lowest BCUT2D eigenvalue weighted by Gasteiger charge is -2.35. The number of thiophene rings is 1. The van der Waals surface area contributed by atoms with E-state index in [0.29, 0.717) is 16.2 Å². The Morgan fingerprint density at radius 3 is 2.04 bits per heavy atom. The number of hydrogen-bond acceptors (Lipinski definition) is 3. The van der Waals surface area contributed by atoms with Gasteiger partial charge in [-0.05, 0) is 60.5 Å². The second kappa shape index (κ2) is 8.06. The Morgan fingerprint density at radius 2 is 1.63 bits per heavy atom. The van der Waals surface area contributed by atoms with E-state index < -0.39 is 12.8 Å². The van der Waals surface area contributed by atoms with Gasteiger partial charge in [-0.15, -0.1) is 0 Å². The smallest absolute Gasteiger partial charge is 0.205 e. The van der Waals surface area contributed by atoms with Crippen LogP contribution in [-0.4, -0.2) is 0 Å². The summed E-state index contributed by atoms with van der Waals surface area (Å²) in [7, 11) is -3.20. The molecule has 1 aromatic heterocycles. The molecule has 0 aliphatic carbocycles. The van der Waals surface area contributed by atoms with Crippen LogP contribution in [0.3, 0.4) is 0 Å². The Hall–Kier alpha value is -2.44. The molecule has 3 aromatic rings. The Labute approximate surface area is 164 Å². The Balaban J connectivity index is 2.22. The standard InChI is InChI=1S/C22H21N2OPS/c1-3-18(16-23)22(2,19-14-15-27-17-19)24-26(25,20-10-6-4-7-11-20)21-12-8-5-9-13-21/h3-15,17H,1-2H3,(H,24,25)/b18-3+/t22-/m1/s1. The van der Waals surface area contributed by atoms with E-state index in [1.54, 1.807) is 17.4 Å². The Kier molecular flexibility index (Phi) is 5.77. The Morgan fingerprint density at radius 1 is 1.07 bits per heavy atom. The van der Waals surface area contributed by atoms with Gasteiger partial charge < -0.3 is 0 Å². The average molecular weight is 392 g/mol. The third-order valence-corrected chi connectivity index (χ3v) is 8.16. The summed E-state index contributed by atoms with van der Waals surface area (Å²) < 4.78 is 14.4. The lowest BCUT2D eigenvalue weighted by Crippen LogP contribution is -2.43. The highest BCUT2D eigenvalue weighted by Gasteiger charge is 2.40. The van der Waals surface area contributed by atoms with Gasteiger partial charge >= 0.3 is 0 Å². The third kappa shape index (κ3) is 3.68. The zero-order chi connectivity index (χ0) is 19.3. The average Bonchev–Trinajstić information content (AvgIpc) is 3.26. The van der Waals surface area contributed by atoms with Crippen LogP contribution >= 0.6 is 18.6 Å². The minimum atomic E-state index is -3.20. The molecule has 0 unspecified atom stereocenters. The minimum absolute atomic E-state index is 0.535. The zero-order valence-electron chi connectivity index (χ0n) is 15.3. The summed E-state index contributed by atoms with van der Waals surface area (Å²) in [5.41, 5.74) is 0.590. The molecule has 0 radical (unpaired) electrons. The first-order chi connectivity index (χ1) is 13.0. The molecule has 27 heavy (non-hydrogen) atoms. The quantitative estimate of drug-likeness (QED) is 0.477.